The van der Waals surface area contributed by atoms with Crippen LogP contribution in [-0.2, 0) is 0 Å². The highest BCUT2D eigenvalue weighted by atomic mass is 79.9. The highest BCUT2D eigenvalue weighted by Gasteiger charge is 2.27. The van der Waals surface area contributed by atoms with Crippen LogP contribution in [-0.4, -0.2) is 42.1 Å². The Morgan fingerprint density at radius 3 is 2.88 bits per heavy atom. The maximum absolute atomic E-state index is 4.55. The van der Waals surface area contributed by atoms with E-state index in [0.717, 1.165) is 16.8 Å². The zero-order valence-corrected chi connectivity index (χ0v) is 11.6. The first kappa shape index (κ1) is 11.5. The lowest BCUT2D eigenvalue weighted by Crippen LogP contribution is -2.39. The van der Waals surface area contributed by atoms with E-state index in [9.17, 15) is 0 Å². The van der Waals surface area contributed by atoms with Gasteiger partial charge in [-0.3, -0.25) is 0 Å². The molecule has 4 heteroatoms. The number of rotatable bonds is 1. The van der Waals surface area contributed by atoms with Crippen molar-refractivity contribution in [2.45, 2.75) is 25.3 Å². The van der Waals surface area contributed by atoms with Gasteiger partial charge in [0, 0.05) is 36.3 Å². The standard InChI is InChI=1S/C13H18BrN3/c14-11-3-4-13(15-10-11)17-9-8-16-6-1-2-12(17)5-7-16/h3-4,10,12H,1-2,5-9H2. The second-order valence-electron chi connectivity index (χ2n) is 4.95. The normalized spacial score (nSPS) is 28.9. The molecule has 0 N–H and O–H groups in total. The molecule has 0 aliphatic carbocycles. The summed E-state index contributed by atoms with van der Waals surface area (Å²) in [6.45, 7) is 4.86. The van der Waals surface area contributed by atoms with Crippen molar-refractivity contribution in [1.29, 1.82) is 0 Å². The molecule has 2 fully saturated rings. The van der Waals surface area contributed by atoms with Crippen LogP contribution in [0.5, 0.6) is 0 Å². The van der Waals surface area contributed by atoms with Crippen LogP contribution >= 0.6 is 15.9 Å². The van der Waals surface area contributed by atoms with Gasteiger partial charge in [-0.2, -0.15) is 0 Å². The Morgan fingerprint density at radius 1 is 1.12 bits per heavy atom. The van der Waals surface area contributed by atoms with Crippen LogP contribution in [0.15, 0.2) is 22.8 Å². The summed E-state index contributed by atoms with van der Waals surface area (Å²) >= 11 is 3.45. The Bertz CT molecular complexity index is 379. The van der Waals surface area contributed by atoms with Crippen molar-refractivity contribution >= 4 is 21.7 Å². The maximum Gasteiger partial charge on any atom is 0.128 e. The van der Waals surface area contributed by atoms with Gasteiger partial charge >= 0.3 is 0 Å². The summed E-state index contributed by atoms with van der Waals surface area (Å²) < 4.78 is 1.06. The van der Waals surface area contributed by atoms with Crippen molar-refractivity contribution in [3.8, 4) is 0 Å². The third kappa shape index (κ3) is 2.47. The summed E-state index contributed by atoms with van der Waals surface area (Å²) in [5.74, 6) is 1.14. The van der Waals surface area contributed by atoms with Gasteiger partial charge in [0.1, 0.15) is 5.82 Å². The Morgan fingerprint density at radius 2 is 2.06 bits per heavy atom. The number of hydrogen-bond donors (Lipinski definition) is 0. The van der Waals surface area contributed by atoms with E-state index in [2.05, 4.69) is 42.8 Å². The zero-order chi connectivity index (χ0) is 11.7. The summed E-state index contributed by atoms with van der Waals surface area (Å²) in [7, 11) is 0. The fourth-order valence-corrected chi connectivity index (χ4v) is 3.18. The fraction of sp³-hybridized carbons (Fsp3) is 0.615. The third-order valence-electron chi connectivity index (χ3n) is 3.89. The van der Waals surface area contributed by atoms with E-state index < -0.39 is 0 Å². The highest BCUT2D eigenvalue weighted by Crippen LogP contribution is 2.25. The van der Waals surface area contributed by atoms with Crippen molar-refractivity contribution in [2.24, 2.45) is 0 Å². The quantitative estimate of drug-likeness (QED) is 0.794. The van der Waals surface area contributed by atoms with E-state index in [0.29, 0.717) is 6.04 Å². The lowest BCUT2D eigenvalue weighted by molar-refractivity contribution is 0.298. The van der Waals surface area contributed by atoms with Crippen LogP contribution in [0.25, 0.3) is 0 Å². The second-order valence-corrected chi connectivity index (χ2v) is 5.87. The molecular formula is C13H18BrN3. The molecule has 2 saturated heterocycles. The van der Waals surface area contributed by atoms with E-state index in [1.807, 2.05) is 6.20 Å². The molecule has 17 heavy (non-hydrogen) atoms. The van der Waals surface area contributed by atoms with Crippen LogP contribution in [0.3, 0.4) is 0 Å². The Labute approximate surface area is 111 Å². The largest absolute Gasteiger partial charge is 0.352 e. The van der Waals surface area contributed by atoms with Crippen molar-refractivity contribution in [2.75, 3.05) is 31.1 Å². The van der Waals surface area contributed by atoms with E-state index >= 15 is 0 Å². The molecule has 0 amide bonds. The summed E-state index contributed by atoms with van der Waals surface area (Å²) in [6, 6.07) is 4.92. The molecule has 0 saturated carbocycles. The topological polar surface area (TPSA) is 19.4 Å². The molecule has 92 valence electrons. The van der Waals surface area contributed by atoms with Gasteiger partial charge in [0.05, 0.1) is 0 Å². The number of pyridine rings is 1. The molecule has 1 aromatic heterocycles. The molecule has 2 atom stereocenters. The summed E-state index contributed by atoms with van der Waals surface area (Å²) in [6.07, 6.45) is 5.84. The molecule has 2 aliphatic heterocycles. The van der Waals surface area contributed by atoms with Gasteiger partial charge in [0.15, 0.2) is 0 Å². The number of nitrogens with zero attached hydrogens (tertiary/aromatic N) is 3. The number of fused-ring (bicyclic) bond motifs is 3. The predicted octanol–water partition coefficient (Wildman–Crippen LogP) is 2.52. The molecule has 3 heterocycles. The first-order valence-corrected chi connectivity index (χ1v) is 7.23. The fourth-order valence-electron chi connectivity index (χ4n) is 2.94. The lowest BCUT2D eigenvalue weighted by atomic mass is 10.1. The number of aromatic nitrogens is 1. The van der Waals surface area contributed by atoms with Crippen LogP contribution in [0.1, 0.15) is 19.3 Å². The number of halogens is 1. The minimum Gasteiger partial charge on any atom is -0.352 e. The third-order valence-corrected chi connectivity index (χ3v) is 4.36. The second kappa shape index (κ2) is 4.94. The number of hydrogen-bond acceptors (Lipinski definition) is 3. The van der Waals surface area contributed by atoms with E-state index in [1.54, 1.807) is 0 Å². The molecule has 3 nitrogen and oxygen atoms in total. The average molecular weight is 296 g/mol. The molecule has 2 aliphatic rings. The van der Waals surface area contributed by atoms with Crippen LogP contribution in [0.4, 0.5) is 5.82 Å². The van der Waals surface area contributed by atoms with Crippen molar-refractivity contribution in [3.05, 3.63) is 22.8 Å². The molecule has 0 spiro atoms. The van der Waals surface area contributed by atoms with Crippen LogP contribution < -0.4 is 4.90 Å². The van der Waals surface area contributed by atoms with Crippen molar-refractivity contribution < 1.29 is 0 Å². The molecule has 2 unspecified atom stereocenters. The van der Waals surface area contributed by atoms with Gasteiger partial charge in [0.2, 0.25) is 0 Å². The number of anilines is 1. The molecule has 0 aromatic carbocycles. The molecule has 1 aromatic rings. The van der Waals surface area contributed by atoms with Crippen LogP contribution in [0.2, 0.25) is 0 Å². The highest BCUT2D eigenvalue weighted by molar-refractivity contribution is 9.10. The average Bonchev–Trinajstić information content (AvgIpc) is 2.65. The Kier molecular flexibility index (Phi) is 3.34. The van der Waals surface area contributed by atoms with Gasteiger partial charge in [-0.1, -0.05) is 0 Å². The van der Waals surface area contributed by atoms with E-state index in [4.69, 9.17) is 0 Å². The zero-order valence-electron chi connectivity index (χ0n) is 9.98. The molecule has 2 bridgehead atoms. The molecule has 0 radical (unpaired) electrons. The smallest absolute Gasteiger partial charge is 0.128 e. The van der Waals surface area contributed by atoms with Crippen molar-refractivity contribution in [1.82, 2.24) is 9.88 Å². The first-order valence-electron chi connectivity index (χ1n) is 6.43. The van der Waals surface area contributed by atoms with Gasteiger partial charge in [-0.25, -0.2) is 4.98 Å². The Hall–Kier alpha value is -0.610. The summed E-state index contributed by atoms with van der Waals surface area (Å²) in [5, 5.41) is 0. The van der Waals surface area contributed by atoms with Crippen molar-refractivity contribution in [3.63, 3.8) is 0 Å². The lowest BCUT2D eigenvalue weighted by Gasteiger charge is -2.32. The van der Waals surface area contributed by atoms with Gasteiger partial charge in [-0.05, 0) is 53.9 Å². The minimum absolute atomic E-state index is 0.691. The summed E-state index contributed by atoms with van der Waals surface area (Å²) in [4.78, 5) is 9.65. The van der Waals surface area contributed by atoms with Gasteiger partial charge in [-0.15, -0.1) is 0 Å². The predicted molar refractivity (Wildman–Crippen MR) is 73.4 cm³/mol. The van der Waals surface area contributed by atoms with E-state index in [-0.39, 0.29) is 0 Å². The molecule has 3 rings (SSSR count). The molecular weight excluding hydrogens is 278 g/mol. The minimum atomic E-state index is 0.691. The summed E-state index contributed by atoms with van der Waals surface area (Å²) in [5.41, 5.74) is 0. The SMILES string of the molecule is Brc1ccc(N2CCN3CCCC2CC3)nc1. The Balaban J connectivity index is 1.84. The van der Waals surface area contributed by atoms with Gasteiger partial charge < -0.3 is 9.80 Å². The first-order chi connectivity index (χ1) is 8.33. The maximum atomic E-state index is 4.55. The monoisotopic (exact) mass is 295 g/mol. The van der Waals surface area contributed by atoms with Crippen LogP contribution in [0, 0.1) is 0 Å². The van der Waals surface area contributed by atoms with E-state index in [1.165, 1.54) is 38.9 Å². The van der Waals surface area contributed by atoms with Gasteiger partial charge in [0.25, 0.3) is 0 Å².